The zero-order valence-electron chi connectivity index (χ0n) is 11.2. The highest BCUT2D eigenvalue weighted by atomic mass is 16.6. The van der Waals surface area contributed by atoms with Gasteiger partial charge in [0.15, 0.2) is 0 Å². The molecule has 0 bridgehead atoms. The molecule has 104 valence electrons. The molecule has 0 amide bonds. The number of piperidine rings is 1. The SMILES string of the molecule is COc1cc(NC2(C)CCNCC2)cc([N+](=O)[O-])c1. The lowest BCUT2D eigenvalue weighted by Gasteiger charge is -2.36. The Hall–Kier alpha value is -1.82. The molecule has 2 N–H and O–H groups in total. The summed E-state index contributed by atoms with van der Waals surface area (Å²) in [5.74, 6) is 0.495. The van der Waals surface area contributed by atoms with E-state index >= 15 is 0 Å². The second-order valence-electron chi connectivity index (χ2n) is 5.11. The Morgan fingerprint density at radius 2 is 2.05 bits per heavy atom. The molecule has 1 aromatic rings. The number of hydrogen-bond acceptors (Lipinski definition) is 5. The quantitative estimate of drug-likeness (QED) is 0.644. The van der Waals surface area contributed by atoms with E-state index in [-0.39, 0.29) is 11.2 Å². The molecular weight excluding hydrogens is 246 g/mol. The van der Waals surface area contributed by atoms with Crippen LogP contribution in [0.1, 0.15) is 19.8 Å². The average molecular weight is 265 g/mol. The second-order valence-corrected chi connectivity index (χ2v) is 5.11. The van der Waals surface area contributed by atoms with Gasteiger partial charge < -0.3 is 15.4 Å². The van der Waals surface area contributed by atoms with E-state index in [4.69, 9.17) is 4.74 Å². The van der Waals surface area contributed by atoms with E-state index in [9.17, 15) is 10.1 Å². The number of anilines is 1. The number of nitrogens with one attached hydrogen (secondary N) is 2. The van der Waals surface area contributed by atoms with Crippen LogP contribution in [0.2, 0.25) is 0 Å². The van der Waals surface area contributed by atoms with Crippen molar-refractivity contribution in [3.8, 4) is 5.75 Å². The number of nitrogens with zero attached hydrogens (tertiary/aromatic N) is 1. The molecule has 0 aliphatic carbocycles. The molecule has 0 unspecified atom stereocenters. The van der Waals surface area contributed by atoms with Crippen molar-refractivity contribution in [2.75, 3.05) is 25.5 Å². The van der Waals surface area contributed by atoms with Crippen molar-refractivity contribution in [2.24, 2.45) is 0 Å². The van der Waals surface area contributed by atoms with Gasteiger partial charge in [0.25, 0.3) is 5.69 Å². The van der Waals surface area contributed by atoms with E-state index in [1.54, 1.807) is 12.1 Å². The van der Waals surface area contributed by atoms with Crippen LogP contribution in [0.4, 0.5) is 11.4 Å². The molecule has 2 rings (SSSR count). The van der Waals surface area contributed by atoms with Crippen molar-refractivity contribution < 1.29 is 9.66 Å². The van der Waals surface area contributed by atoms with E-state index in [1.165, 1.54) is 13.2 Å². The van der Waals surface area contributed by atoms with Crippen LogP contribution in [0.5, 0.6) is 5.75 Å². The molecule has 6 nitrogen and oxygen atoms in total. The van der Waals surface area contributed by atoms with E-state index in [1.807, 2.05) is 0 Å². The van der Waals surface area contributed by atoms with Gasteiger partial charge in [-0.15, -0.1) is 0 Å². The highest BCUT2D eigenvalue weighted by Crippen LogP contribution is 2.30. The van der Waals surface area contributed by atoms with E-state index < -0.39 is 4.92 Å². The largest absolute Gasteiger partial charge is 0.496 e. The van der Waals surface area contributed by atoms with Crippen LogP contribution in [0, 0.1) is 10.1 Å². The van der Waals surface area contributed by atoms with Gasteiger partial charge in [0.05, 0.1) is 18.1 Å². The number of rotatable bonds is 4. The van der Waals surface area contributed by atoms with Crippen molar-refractivity contribution in [3.63, 3.8) is 0 Å². The summed E-state index contributed by atoms with van der Waals surface area (Å²) in [6, 6.07) is 4.77. The Morgan fingerprint density at radius 1 is 1.37 bits per heavy atom. The maximum absolute atomic E-state index is 10.9. The normalized spacial score (nSPS) is 17.8. The van der Waals surface area contributed by atoms with Gasteiger partial charge >= 0.3 is 0 Å². The summed E-state index contributed by atoms with van der Waals surface area (Å²) in [5.41, 5.74) is 0.737. The highest BCUT2D eigenvalue weighted by molar-refractivity contribution is 5.57. The molecule has 6 heteroatoms. The maximum atomic E-state index is 10.9. The first kappa shape index (κ1) is 13.6. The molecule has 1 aliphatic heterocycles. The Balaban J connectivity index is 2.23. The van der Waals surface area contributed by atoms with Gasteiger partial charge in [0.1, 0.15) is 5.75 Å². The van der Waals surface area contributed by atoms with Gasteiger partial charge in [0, 0.05) is 23.4 Å². The molecule has 0 spiro atoms. The summed E-state index contributed by atoms with van der Waals surface area (Å²) < 4.78 is 5.11. The van der Waals surface area contributed by atoms with Gasteiger partial charge in [-0.25, -0.2) is 0 Å². The third-order valence-electron chi connectivity index (χ3n) is 3.49. The molecule has 1 saturated heterocycles. The summed E-state index contributed by atoms with van der Waals surface area (Å²) in [6.07, 6.45) is 1.97. The minimum absolute atomic E-state index is 0.0362. The number of nitro benzene ring substituents is 1. The Kier molecular flexibility index (Phi) is 3.90. The van der Waals surface area contributed by atoms with Crippen LogP contribution in [0.25, 0.3) is 0 Å². The van der Waals surface area contributed by atoms with Gasteiger partial charge in [0.2, 0.25) is 0 Å². The molecule has 0 aromatic heterocycles. The summed E-state index contributed by atoms with van der Waals surface area (Å²) in [7, 11) is 1.51. The fraction of sp³-hybridized carbons (Fsp3) is 0.538. The molecule has 1 heterocycles. The van der Waals surface area contributed by atoms with Crippen LogP contribution in [-0.2, 0) is 0 Å². The molecule has 1 aliphatic rings. The van der Waals surface area contributed by atoms with E-state index in [0.717, 1.165) is 31.6 Å². The lowest BCUT2D eigenvalue weighted by Crippen LogP contribution is -2.45. The standard InChI is InChI=1S/C13H19N3O3/c1-13(3-5-14-6-4-13)15-10-7-11(16(17)18)9-12(8-10)19-2/h7-9,14-15H,3-6H2,1-2H3. The molecular formula is C13H19N3O3. The summed E-state index contributed by atoms with van der Waals surface area (Å²) in [6.45, 7) is 4.05. The zero-order valence-corrected chi connectivity index (χ0v) is 11.2. The summed E-state index contributed by atoms with van der Waals surface area (Å²) >= 11 is 0. The van der Waals surface area contributed by atoms with Crippen molar-refractivity contribution >= 4 is 11.4 Å². The maximum Gasteiger partial charge on any atom is 0.275 e. The summed E-state index contributed by atoms with van der Waals surface area (Å²) in [4.78, 5) is 10.5. The Morgan fingerprint density at radius 3 is 2.63 bits per heavy atom. The number of nitro groups is 1. The van der Waals surface area contributed by atoms with Gasteiger partial charge in [-0.1, -0.05) is 0 Å². The molecule has 19 heavy (non-hydrogen) atoms. The third-order valence-corrected chi connectivity index (χ3v) is 3.49. The Labute approximate surface area is 112 Å². The van der Waals surface area contributed by atoms with Gasteiger partial charge in [-0.2, -0.15) is 0 Å². The molecule has 0 saturated carbocycles. The summed E-state index contributed by atoms with van der Waals surface area (Å²) in [5, 5.41) is 17.6. The molecule has 1 fully saturated rings. The van der Waals surface area contributed by atoms with Crippen molar-refractivity contribution in [1.82, 2.24) is 5.32 Å². The van der Waals surface area contributed by atoms with Gasteiger partial charge in [-0.3, -0.25) is 10.1 Å². The van der Waals surface area contributed by atoms with Crippen LogP contribution >= 0.6 is 0 Å². The topological polar surface area (TPSA) is 76.4 Å². The van der Waals surface area contributed by atoms with Crippen LogP contribution in [0.3, 0.4) is 0 Å². The fourth-order valence-corrected chi connectivity index (χ4v) is 2.33. The highest BCUT2D eigenvalue weighted by Gasteiger charge is 2.27. The monoisotopic (exact) mass is 265 g/mol. The van der Waals surface area contributed by atoms with Crippen LogP contribution in [0.15, 0.2) is 18.2 Å². The number of methoxy groups -OCH3 is 1. The first-order valence-corrected chi connectivity index (χ1v) is 6.35. The lowest BCUT2D eigenvalue weighted by molar-refractivity contribution is -0.384. The van der Waals surface area contributed by atoms with Crippen molar-refractivity contribution in [3.05, 3.63) is 28.3 Å². The van der Waals surface area contributed by atoms with Crippen molar-refractivity contribution in [1.29, 1.82) is 0 Å². The number of non-ortho nitro benzene ring substituents is 1. The molecule has 0 atom stereocenters. The lowest BCUT2D eigenvalue weighted by atomic mass is 9.90. The number of hydrogen-bond donors (Lipinski definition) is 2. The Bertz CT molecular complexity index is 470. The van der Waals surface area contributed by atoms with E-state index in [0.29, 0.717) is 5.75 Å². The van der Waals surface area contributed by atoms with Crippen LogP contribution in [-0.4, -0.2) is 30.7 Å². The van der Waals surface area contributed by atoms with Gasteiger partial charge in [-0.05, 0) is 32.9 Å². The molecule has 1 aromatic carbocycles. The fourth-order valence-electron chi connectivity index (χ4n) is 2.33. The third kappa shape index (κ3) is 3.35. The smallest absolute Gasteiger partial charge is 0.275 e. The predicted octanol–water partition coefficient (Wildman–Crippen LogP) is 2.16. The van der Waals surface area contributed by atoms with Crippen molar-refractivity contribution in [2.45, 2.75) is 25.3 Å². The minimum atomic E-state index is -0.404. The average Bonchev–Trinajstić information content (AvgIpc) is 2.38. The number of ether oxygens (including phenoxy) is 1. The number of benzene rings is 1. The van der Waals surface area contributed by atoms with Crippen LogP contribution < -0.4 is 15.4 Å². The predicted molar refractivity (Wildman–Crippen MR) is 73.8 cm³/mol. The first-order valence-electron chi connectivity index (χ1n) is 6.35. The minimum Gasteiger partial charge on any atom is -0.496 e. The molecule has 0 radical (unpaired) electrons. The first-order chi connectivity index (χ1) is 9.02. The zero-order chi connectivity index (χ0) is 13.9. The second kappa shape index (κ2) is 5.44. The van der Waals surface area contributed by atoms with E-state index in [2.05, 4.69) is 17.6 Å².